The van der Waals surface area contributed by atoms with Crippen LogP contribution in [0.3, 0.4) is 0 Å². The Hall–Kier alpha value is -2.15. The second-order valence-electron chi connectivity index (χ2n) is 4.02. The molecule has 6 nitrogen and oxygen atoms in total. The summed E-state index contributed by atoms with van der Waals surface area (Å²) >= 11 is 3.30. The van der Waals surface area contributed by atoms with Crippen LogP contribution >= 0.6 is 15.9 Å². The quantitative estimate of drug-likeness (QED) is 0.871. The third kappa shape index (κ3) is 3.05. The van der Waals surface area contributed by atoms with Gasteiger partial charge < -0.3 is 10.1 Å². The number of anilines is 1. The fourth-order valence-corrected chi connectivity index (χ4v) is 2.05. The molecule has 1 aromatic carbocycles. The van der Waals surface area contributed by atoms with Gasteiger partial charge in [-0.05, 0) is 18.2 Å². The Morgan fingerprint density at radius 1 is 1.40 bits per heavy atom. The summed E-state index contributed by atoms with van der Waals surface area (Å²) in [5.41, 5.74) is 0.849. The van der Waals surface area contributed by atoms with E-state index >= 15 is 0 Å². The predicted molar refractivity (Wildman–Crippen MR) is 76.6 cm³/mol. The first-order chi connectivity index (χ1) is 9.51. The maximum atomic E-state index is 12.1. The number of rotatable bonds is 3. The number of amides is 1. The lowest BCUT2D eigenvalue weighted by molar-refractivity contribution is 0.0594. The number of nitrogens with zero attached hydrogens (tertiary/aromatic N) is 2. The molecule has 104 valence electrons. The Bertz CT molecular complexity index is 667. The molecule has 0 saturated carbocycles. The molecule has 0 aliphatic rings. The highest BCUT2D eigenvalue weighted by molar-refractivity contribution is 9.10. The third-order valence-corrected chi connectivity index (χ3v) is 3.04. The first-order valence-corrected chi connectivity index (χ1v) is 6.49. The van der Waals surface area contributed by atoms with Gasteiger partial charge in [0.2, 0.25) is 0 Å². The van der Waals surface area contributed by atoms with Crippen LogP contribution in [0, 0.1) is 0 Å². The van der Waals surface area contributed by atoms with Gasteiger partial charge in [0.25, 0.3) is 5.91 Å². The molecule has 0 aliphatic carbocycles. The number of methoxy groups -OCH3 is 1. The third-order valence-electron chi connectivity index (χ3n) is 2.54. The van der Waals surface area contributed by atoms with Crippen LogP contribution in [0.5, 0.6) is 0 Å². The smallest absolute Gasteiger partial charge is 0.360 e. The highest BCUT2D eigenvalue weighted by Gasteiger charge is 2.19. The van der Waals surface area contributed by atoms with Crippen molar-refractivity contribution in [2.45, 2.75) is 0 Å². The van der Waals surface area contributed by atoms with Crippen molar-refractivity contribution in [3.05, 3.63) is 46.2 Å². The lowest BCUT2D eigenvalue weighted by atomic mass is 10.2. The van der Waals surface area contributed by atoms with Gasteiger partial charge in [-0.25, -0.2) is 4.79 Å². The number of hydrogen-bond donors (Lipinski definition) is 1. The highest BCUT2D eigenvalue weighted by Crippen LogP contribution is 2.17. The number of carbonyl (C=O) groups excluding carboxylic acids is 2. The van der Waals surface area contributed by atoms with Crippen LogP contribution in [-0.2, 0) is 11.8 Å². The van der Waals surface area contributed by atoms with Gasteiger partial charge in [0.15, 0.2) is 5.69 Å². The number of nitrogens with one attached hydrogen (secondary N) is 1. The number of benzene rings is 1. The molecule has 1 aromatic heterocycles. The maximum Gasteiger partial charge on any atom is 0.360 e. The van der Waals surface area contributed by atoms with Gasteiger partial charge in [-0.15, -0.1) is 0 Å². The Morgan fingerprint density at radius 2 is 2.15 bits per heavy atom. The van der Waals surface area contributed by atoms with Gasteiger partial charge in [-0.3, -0.25) is 9.48 Å². The Kier molecular flexibility index (Phi) is 4.19. The SMILES string of the molecule is COC(=O)c1nn(C)cc1NC(=O)c1cccc(Br)c1. The summed E-state index contributed by atoms with van der Waals surface area (Å²) in [6.07, 6.45) is 1.54. The summed E-state index contributed by atoms with van der Waals surface area (Å²) in [4.78, 5) is 23.7. The van der Waals surface area contributed by atoms with E-state index in [2.05, 4.69) is 31.1 Å². The van der Waals surface area contributed by atoms with E-state index in [4.69, 9.17) is 0 Å². The lowest BCUT2D eigenvalue weighted by Gasteiger charge is -2.04. The number of hydrogen-bond acceptors (Lipinski definition) is 4. The summed E-state index contributed by atoms with van der Waals surface area (Å²) in [6, 6.07) is 6.93. The Balaban J connectivity index is 2.26. The summed E-state index contributed by atoms with van der Waals surface area (Å²) in [7, 11) is 2.91. The van der Waals surface area contributed by atoms with E-state index < -0.39 is 5.97 Å². The zero-order chi connectivity index (χ0) is 14.7. The van der Waals surface area contributed by atoms with Crippen LogP contribution in [0.2, 0.25) is 0 Å². The van der Waals surface area contributed by atoms with E-state index in [0.717, 1.165) is 4.47 Å². The van der Waals surface area contributed by atoms with Crippen molar-refractivity contribution in [2.24, 2.45) is 7.05 Å². The molecule has 1 amide bonds. The normalized spacial score (nSPS) is 10.2. The van der Waals surface area contributed by atoms with Gasteiger partial charge in [-0.2, -0.15) is 5.10 Å². The standard InChI is InChI=1S/C13H12BrN3O3/c1-17-7-10(11(16-17)13(19)20-2)15-12(18)8-4-3-5-9(14)6-8/h3-7H,1-2H3,(H,15,18). The molecule has 0 spiro atoms. The highest BCUT2D eigenvalue weighted by atomic mass is 79.9. The summed E-state index contributed by atoms with van der Waals surface area (Å²) in [5, 5.41) is 6.61. The van der Waals surface area contributed by atoms with Gasteiger partial charge in [-0.1, -0.05) is 22.0 Å². The zero-order valence-electron chi connectivity index (χ0n) is 10.9. The summed E-state index contributed by atoms with van der Waals surface area (Å²) < 4.78 is 6.85. The molecular weight excluding hydrogens is 326 g/mol. The van der Waals surface area contributed by atoms with Crippen molar-refractivity contribution < 1.29 is 14.3 Å². The van der Waals surface area contributed by atoms with Gasteiger partial charge in [0.05, 0.1) is 12.8 Å². The molecule has 0 radical (unpaired) electrons. The predicted octanol–water partition coefficient (Wildman–Crippen LogP) is 2.22. The van der Waals surface area contributed by atoms with Crippen molar-refractivity contribution in [1.82, 2.24) is 9.78 Å². The molecule has 1 heterocycles. The first-order valence-electron chi connectivity index (χ1n) is 5.70. The fourth-order valence-electron chi connectivity index (χ4n) is 1.65. The number of ether oxygens (including phenoxy) is 1. The monoisotopic (exact) mass is 337 g/mol. The minimum absolute atomic E-state index is 0.0679. The number of aromatic nitrogens is 2. The average Bonchev–Trinajstić information content (AvgIpc) is 2.78. The largest absolute Gasteiger partial charge is 0.464 e. The number of carbonyl (C=O) groups is 2. The zero-order valence-corrected chi connectivity index (χ0v) is 12.5. The van der Waals surface area contributed by atoms with E-state index in [1.165, 1.54) is 11.8 Å². The average molecular weight is 338 g/mol. The lowest BCUT2D eigenvalue weighted by Crippen LogP contribution is -2.14. The number of halogens is 1. The van der Waals surface area contributed by atoms with Gasteiger partial charge in [0.1, 0.15) is 0 Å². The molecule has 2 rings (SSSR count). The van der Waals surface area contributed by atoms with Crippen molar-refractivity contribution in [2.75, 3.05) is 12.4 Å². The summed E-state index contributed by atoms with van der Waals surface area (Å²) in [5.74, 6) is -0.931. The van der Waals surface area contributed by atoms with Gasteiger partial charge >= 0.3 is 5.97 Å². The second kappa shape index (κ2) is 5.87. The van der Waals surface area contributed by atoms with Crippen molar-refractivity contribution >= 4 is 33.5 Å². The number of esters is 1. The molecule has 2 aromatic rings. The molecular formula is C13H12BrN3O3. The van der Waals surface area contributed by atoms with Crippen molar-refractivity contribution in [3.8, 4) is 0 Å². The van der Waals surface area contributed by atoms with E-state index in [1.807, 2.05) is 6.07 Å². The summed E-state index contributed by atoms with van der Waals surface area (Å²) in [6.45, 7) is 0. The van der Waals surface area contributed by atoms with Gasteiger partial charge in [0, 0.05) is 23.3 Å². The van der Waals surface area contributed by atoms with Crippen molar-refractivity contribution in [1.29, 1.82) is 0 Å². The van der Waals surface area contributed by atoms with Crippen LogP contribution in [0.4, 0.5) is 5.69 Å². The molecule has 1 N–H and O–H groups in total. The molecule has 7 heteroatoms. The van der Waals surface area contributed by atoms with Crippen molar-refractivity contribution in [3.63, 3.8) is 0 Å². The minimum Gasteiger partial charge on any atom is -0.464 e. The second-order valence-corrected chi connectivity index (χ2v) is 4.94. The van der Waals surface area contributed by atoms with Crippen LogP contribution < -0.4 is 5.32 Å². The van der Waals surface area contributed by atoms with Crippen LogP contribution in [0.25, 0.3) is 0 Å². The van der Waals surface area contributed by atoms with E-state index in [-0.39, 0.29) is 11.6 Å². The molecule has 0 saturated heterocycles. The van der Waals surface area contributed by atoms with E-state index in [0.29, 0.717) is 11.3 Å². The number of aryl methyl sites for hydroxylation is 1. The Morgan fingerprint density at radius 3 is 2.80 bits per heavy atom. The maximum absolute atomic E-state index is 12.1. The Labute approximate surface area is 123 Å². The van der Waals surface area contributed by atoms with E-state index in [1.54, 1.807) is 31.4 Å². The molecule has 0 unspecified atom stereocenters. The molecule has 0 bridgehead atoms. The molecule has 20 heavy (non-hydrogen) atoms. The fraction of sp³-hybridized carbons (Fsp3) is 0.154. The topological polar surface area (TPSA) is 73.2 Å². The van der Waals surface area contributed by atoms with Crippen LogP contribution in [0.1, 0.15) is 20.8 Å². The molecule has 0 atom stereocenters. The minimum atomic E-state index is -0.602. The van der Waals surface area contributed by atoms with Crippen LogP contribution in [-0.4, -0.2) is 28.8 Å². The first kappa shape index (κ1) is 14.3. The molecule has 0 fully saturated rings. The van der Waals surface area contributed by atoms with E-state index in [9.17, 15) is 9.59 Å². The molecule has 0 aliphatic heterocycles. The van der Waals surface area contributed by atoms with Crippen LogP contribution in [0.15, 0.2) is 34.9 Å².